The number of aromatic nitrogens is 5. The third-order valence-electron chi connectivity index (χ3n) is 6.51. The molecule has 162 valence electrons. The summed E-state index contributed by atoms with van der Waals surface area (Å²) in [6, 6.07) is 31.8. The highest BCUT2D eigenvalue weighted by molar-refractivity contribution is 5.96. The molecule has 0 amide bonds. The summed E-state index contributed by atoms with van der Waals surface area (Å²) in [5, 5.41) is 4.86. The Morgan fingerprint density at radius 2 is 0.941 bits per heavy atom. The van der Waals surface area contributed by atoms with Crippen LogP contribution in [0.4, 0.5) is 0 Å². The Balaban J connectivity index is 1.21. The van der Waals surface area contributed by atoms with Crippen LogP contribution in [0.15, 0.2) is 104 Å². The summed E-state index contributed by atoms with van der Waals surface area (Å²) in [6.07, 6.45) is 3.82. The first kappa shape index (κ1) is 19.0. The number of benzene rings is 4. The van der Waals surface area contributed by atoms with E-state index in [9.17, 15) is 0 Å². The van der Waals surface area contributed by atoms with Crippen molar-refractivity contribution in [3.05, 3.63) is 115 Å². The third-order valence-corrected chi connectivity index (χ3v) is 6.51. The topological polar surface area (TPSA) is 48.5 Å². The molecule has 5 nitrogen and oxygen atoms in total. The van der Waals surface area contributed by atoms with E-state index in [0.717, 1.165) is 33.5 Å². The van der Waals surface area contributed by atoms with E-state index < -0.39 is 0 Å². The lowest BCUT2D eigenvalue weighted by Gasteiger charge is -2.09. The average Bonchev–Trinajstić information content (AvgIpc) is 3.44. The lowest BCUT2D eigenvalue weighted by atomic mass is 10.1. The Kier molecular flexibility index (Phi) is 4.21. The van der Waals surface area contributed by atoms with E-state index in [1.807, 2.05) is 12.7 Å². The molecule has 34 heavy (non-hydrogen) atoms. The number of nitrogens with zero attached hydrogens (tertiary/aromatic N) is 5. The van der Waals surface area contributed by atoms with Crippen LogP contribution in [0.5, 0.6) is 0 Å². The van der Waals surface area contributed by atoms with Gasteiger partial charge in [-0.25, -0.2) is 9.97 Å². The molecule has 0 aliphatic carbocycles. The van der Waals surface area contributed by atoms with Crippen LogP contribution in [0.2, 0.25) is 0 Å². The van der Waals surface area contributed by atoms with Crippen molar-refractivity contribution in [3.63, 3.8) is 0 Å². The van der Waals surface area contributed by atoms with Crippen molar-refractivity contribution >= 4 is 43.6 Å². The van der Waals surface area contributed by atoms with Gasteiger partial charge in [-0.3, -0.25) is 4.98 Å². The van der Waals surface area contributed by atoms with Gasteiger partial charge in [0.05, 0.1) is 59.2 Å². The molecule has 4 aromatic carbocycles. The summed E-state index contributed by atoms with van der Waals surface area (Å²) in [7, 11) is 0. The minimum Gasteiger partial charge on any atom is -0.324 e. The molecule has 7 rings (SSSR count). The lowest BCUT2D eigenvalue weighted by molar-refractivity contribution is 0.756. The zero-order chi connectivity index (χ0) is 22.5. The molecule has 3 aromatic heterocycles. The molecule has 0 radical (unpaired) electrons. The first-order valence-electron chi connectivity index (χ1n) is 11.4. The monoisotopic (exact) mass is 439 g/mol. The van der Waals surface area contributed by atoms with Crippen LogP contribution in [0, 0.1) is 0 Å². The molecule has 0 N–H and O–H groups in total. The number of imidazole rings is 2. The van der Waals surface area contributed by atoms with E-state index >= 15 is 0 Å². The number of pyridine rings is 1. The fraction of sp³-hybridized carbons (Fsp3) is 0.0690. The second-order valence-electron chi connectivity index (χ2n) is 8.74. The van der Waals surface area contributed by atoms with Crippen LogP contribution in [0.3, 0.4) is 0 Å². The standard InChI is InChI=1S/C29H21N5/c1-3-8-22-14-28-26(12-20(22)6-1)30-18-33(28)16-24-10-5-11-25(32-24)17-34-19-31-27-13-21-7-2-4-9-23(21)15-29(27)34/h1-15,18-19H,16-17H2. The number of hydrogen-bond acceptors (Lipinski definition) is 3. The fourth-order valence-electron chi connectivity index (χ4n) is 4.79. The van der Waals surface area contributed by atoms with Crippen LogP contribution in [0.25, 0.3) is 43.6 Å². The van der Waals surface area contributed by atoms with Crippen LogP contribution >= 0.6 is 0 Å². The maximum absolute atomic E-state index is 4.96. The highest BCUT2D eigenvalue weighted by Crippen LogP contribution is 2.24. The minimum atomic E-state index is 0.679. The van der Waals surface area contributed by atoms with Crippen molar-refractivity contribution in [2.75, 3.05) is 0 Å². The SMILES string of the molecule is c1cc(Cn2cnc3cc4ccccc4cc32)nc(Cn2cnc3cc4ccccc4cc32)c1. The average molecular weight is 440 g/mol. The Morgan fingerprint density at radius 1 is 0.500 bits per heavy atom. The Labute approximate surface area is 195 Å². The summed E-state index contributed by atoms with van der Waals surface area (Å²) < 4.78 is 4.35. The van der Waals surface area contributed by atoms with Gasteiger partial charge in [0.15, 0.2) is 0 Å². The molecule has 0 atom stereocenters. The Bertz CT molecular complexity index is 1690. The maximum atomic E-state index is 4.96. The number of rotatable bonds is 4. The van der Waals surface area contributed by atoms with Crippen LogP contribution in [-0.4, -0.2) is 24.1 Å². The molecule has 0 aliphatic rings. The van der Waals surface area contributed by atoms with Gasteiger partial charge < -0.3 is 9.13 Å². The van der Waals surface area contributed by atoms with Crippen molar-refractivity contribution in [1.82, 2.24) is 24.1 Å². The summed E-state index contributed by atoms with van der Waals surface area (Å²) in [4.78, 5) is 14.2. The first-order chi connectivity index (χ1) is 16.8. The molecule has 0 saturated carbocycles. The van der Waals surface area contributed by atoms with Gasteiger partial charge in [-0.2, -0.15) is 0 Å². The smallest absolute Gasteiger partial charge is 0.0962 e. The zero-order valence-electron chi connectivity index (χ0n) is 18.5. The molecule has 5 heteroatoms. The molecule has 0 saturated heterocycles. The van der Waals surface area contributed by atoms with Crippen molar-refractivity contribution in [1.29, 1.82) is 0 Å². The molecule has 0 spiro atoms. The van der Waals surface area contributed by atoms with Gasteiger partial charge in [-0.15, -0.1) is 0 Å². The van der Waals surface area contributed by atoms with Crippen LogP contribution in [-0.2, 0) is 13.1 Å². The molecule has 0 unspecified atom stereocenters. The number of fused-ring (bicyclic) bond motifs is 4. The molecule has 0 bridgehead atoms. The van der Waals surface area contributed by atoms with E-state index in [0.29, 0.717) is 13.1 Å². The molecular formula is C29H21N5. The summed E-state index contributed by atoms with van der Waals surface area (Å²) >= 11 is 0. The number of hydrogen-bond donors (Lipinski definition) is 0. The second-order valence-corrected chi connectivity index (χ2v) is 8.74. The van der Waals surface area contributed by atoms with Gasteiger partial charge in [0, 0.05) is 0 Å². The van der Waals surface area contributed by atoms with E-state index in [1.54, 1.807) is 0 Å². The van der Waals surface area contributed by atoms with Gasteiger partial charge in [0.2, 0.25) is 0 Å². The Hall–Kier alpha value is -4.51. The van der Waals surface area contributed by atoms with Gasteiger partial charge in [-0.05, 0) is 57.9 Å². The molecule has 7 aromatic rings. The predicted molar refractivity (Wildman–Crippen MR) is 137 cm³/mol. The quantitative estimate of drug-likeness (QED) is 0.329. The summed E-state index contributed by atoms with van der Waals surface area (Å²) in [5.41, 5.74) is 6.29. The van der Waals surface area contributed by atoms with E-state index in [4.69, 9.17) is 4.98 Å². The minimum absolute atomic E-state index is 0.679. The molecular weight excluding hydrogens is 418 g/mol. The van der Waals surface area contributed by atoms with Crippen molar-refractivity contribution in [2.45, 2.75) is 13.1 Å². The van der Waals surface area contributed by atoms with Crippen molar-refractivity contribution in [3.8, 4) is 0 Å². The van der Waals surface area contributed by atoms with Gasteiger partial charge in [-0.1, -0.05) is 54.6 Å². The largest absolute Gasteiger partial charge is 0.324 e. The van der Waals surface area contributed by atoms with Gasteiger partial charge in [0.1, 0.15) is 0 Å². The highest BCUT2D eigenvalue weighted by atomic mass is 15.1. The lowest BCUT2D eigenvalue weighted by Crippen LogP contribution is -2.05. The van der Waals surface area contributed by atoms with Gasteiger partial charge >= 0.3 is 0 Å². The van der Waals surface area contributed by atoms with Crippen molar-refractivity contribution in [2.24, 2.45) is 0 Å². The molecule has 0 fully saturated rings. The normalized spacial score (nSPS) is 11.8. The van der Waals surface area contributed by atoms with Crippen molar-refractivity contribution < 1.29 is 0 Å². The highest BCUT2D eigenvalue weighted by Gasteiger charge is 2.09. The summed E-state index contributed by atoms with van der Waals surface area (Å²) in [5.74, 6) is 0. The van der Waals surface area contributed by atoms with E-state index in [-0.39, 0.29) is 0 Å². The van der Waals surface area contributed by atoms with Gasteiger partial charge in [0.25, 0.3) is 0 Å². The first-order valence-corrected chi connectivity index (χ1v) is 11.4. The predicted octanol–water partition coefficient (Wildman–Crippen LogP) is 6.18. The Morgan fingerprint density at radius 3 is 1.41 bits per heavy atom. The fourth-order valence-corrected chi connectivity index (χ4v) is 4.79. The van der Waals surface area contributed by atoms with E-state index in [2.05, 4.69) is 110 Å². The second kappa shape index (κ2) is 7.52. The van der Waals surface area contributed by atoms with Crippen LogP contribution < -0.4 is 0 Å². The van der Waals surface area contributed by atoms with E-state index in [1.165, 1.54) is 21.5 Å². The maximum Gasteiger partial charge on any atom is 0.0962 e. The zero-order valence-corrected chi connectivity index (χ0v) is 18.5. The van der Waals surface area contributed by atoms with Crippen LogP contribution in [0.1, 0.15) is 11.4 Å². The third kappa shape index (κ3) is 3.21. The molecule has 0 aliphatic heterocycles. The summed E-state index contributed by atoms with van der Waals surface area (Å²) in [6.45, 7) is 1.36. The molecule has 3 heterocycles.